The maximum atomic E-state index is 11.1. The Hall–Kier alpha value is -2.34. The van der Waals surface area contributed by atoms with Crippen LogP contribution in [0.25, 0.3) is 11.1 Å². The summed E-state index contributed by atoms with van der Waals surface area (Å²) in [4.78, 5) is 19.0. The van der Waals surface area contributed by atoms with E-state index in [1.54, 1.807) is 12.1 Å². The first-order valence-corrected chi connectivity index (χ1v) is 5.40. The molecule has 0 aliphatic rings. The van der Waals surface area contributed by atoms with Crippen LogP contribution in [0.3, 0.4) is 0 Å². The van der Waals surface area contributed by atoms with E-state index < -0.39 is 5.91 Å². The summed E-state index contributed by atoms with van der Waals surface area (Å²) in [6.45, 7) is 0. The molecule has 1 amide bonds. The fourth-order valence-corrected chi connectivity index (χ4v) is 1.38. The summed E-state index contributed by atoms with van der Waals surface area (Å²) in [5, 5.41) is 2.29. The Morgan fingerprint density at radius 3 is 3.00 bits per heavy atom. The van der Waals surface area contributed by atoms with E-state index in [1.165, 1.54) is 0 Å². The highest BCUT2D eigenvalue weighted by Crippen LogP contribution is 2.19. The SMILES string of the molecule is NC(=Nc1nc2ccccc2o1)NC(=O)C=CCl. The van der Waals surface area contributed by atoms with Crippen LogP contribution in [0.5, 0.6) is 0 Å². The van der Waals surface area contributed by atoms with E-state index in [9.17, 15) is 4.79 Å². The molecule has 0 unspecified atom stereocenters. The van der Waals surface area contributed by atoms with Gasteiger partial charge in [0.1, 0.15) is 5.52 Å². The van der Waals surface area contributed by atoms with Crippen molar-refractivity contribution in [1.29, 1.82) is 0 Å². The molecule has 1 aromatic heterocycles. The second-order valence-electron chi connectivity index (χ2n) is 3.24. The summed E-state index contributed by atoms with van der Waals surface area (Å²) in [5.74, 6) is -0.608. The third-order valence-corrected chi connectivity index (χ3v) is 2.09. The lowest BCUT2D eigenvalue weighted by Crippen LogP contribution is -2.35. The summed E-state index contributed by atoms with van der Waals surface area (Å²) >= 11 is 5.24. The van der Waals surface area contributed by atoms with E-state index in [-0.39, 0.29) is 12.0 Å². The predicted molar refractivity (Wildman–Crippen MR) is 68.4 cm³/mol. The van der Waals surface area contributed by atoms with Crippen molar-refractivity contribution in [2.24, 2.45) is 10.7 Å². The van der Waals surface area contributed by atoms with E-state index in [2.05, 4.69) is 15.3 Å². The van der Waals surface area contributed by atoms with E-state index >= 15 is 0 Å². The minimum Gasteiger partial charge on any atom is -0.422 e. The minimum absolute atomic E-state index is 0.0730. The monoisotopic (exact) mass is 264 g/mol. The lowest BCUT2D eigenvalue weighted by molar-refractivity contribution is -0.115. The molecule has 0 atom stereocenters. The van der Waals surface area contributed by atoms with Crippen molar-refractivity contribution < 1.29 is 9.21 Å². The topological polar surface area (TPSA) is 93.5 Å². The molecule has 2 rings (SSSR count). The number of amides is 1. The van der Waals surface area contributed by atoms with E-state index in [0.717, 1.165) is 11.6 Å². The maximum Gasteiger partial charge on any atom is 0.325 e. The summed E-state index contributed by atoms with van der Waals surface area (Å²) in [7, 11) is 0. The Kier molecular flexibility index (Phi) is 3.59. The Morgan fingerprint density at radius 2 is 2.28 bits per heavy atom. The smallest absolute Gasteiger partial charge is 0.325 e. The van der Waals surface area contributed by atoms with Gasteiger partial charge in [0.15, 0.2) is 5.58 Å². The van der Waals surface area contributed by atoms with Gasteiger partial charge in [-0.1, -0.05) is 23.7 Å². The number of nitrogens with zero attached hydrogens (tertiary/aromatic N) is 2. The van der Waals surface area contributed by atoms with Crippen LogP contribution in [0.15, 0.2) is 45.3 Å². The van der Waals surface area contributed by atoms with Crippen LogP contribution in [0.4, 0.5) is 6.01 Å². The van der Waals surface area contributed by atoms with Crippen LogP contribution in [0.2, 0.25) is 0 Å². The molecular weight excluding hydrogens is 256 g/mol. The van der Waals surface area contributed by atoms with Crippen LogP contribution in [0.1, 0.15) is 0 Å². The summed E-state index contributed by atoms with van der Waals surface area (Å²) in [5.41, 5.74) is 7.83. The summed E-state index contributed by atoms with van der Waals surface area (Å²) in [6, 6.07) is 7.25. The summed E-state index contributed by atoms with van der Waals surface area (Å²) < 4.78 is 5.31. The summed E-state index contributed by atoms with van der Waals surface area (Å²) in [6.07, 6.45) is 1.11. The number of para-hydroxylation sites is 2. The zero-order chi connectivity index (χ0) is 13.0. The normalized spacial score (nSPS) is 12.2. The Balaban J connectivity index is 2.18. The molecule has 0 spiro atoms. The number of nitrogens with two attached hydrogens (primary N) is 1. The number of carbonyl (C=O) groups excluding carboxylic acids is 1. The van der Waals surface area contributed by atoms with Crippen molar-refractivity contribution in [3.63, 3.8) is 0 Å². The molecule has 0 saturated carbocycles. The molecule has 6 nitrogen and oxygen atoms in total. The number of guanidine groups is 1. The van der Waals surface area contributed by atoms with Gasteiger partial charge in [0, 0.05) is 11.6 Å². The number of hydrogen-bond donors (Lipinski definition) is 2. The van der Waals surface area contributed by atoms with Gasteiger partial charge in [-0.3, -0.25) is 10.1 Å². The molecule has 3 N–H and O–H groups in total. The molecule has 0 aliphatic carbocycles. The molecular formula is C11H9ClN4O2. The number of oxazole rings is 1. The third-order valence-electron chi connectivity index (χ3n) is 1.96. The Labute approximate surface area is 107 Å². The number of aromatic nitrogens is 1. The first kappa shape index (κ1) is 12.1. The van der Waals surface area contributed by atoms with Gasteiger partial charge in [0.05, 0.1) is 0 Å². The van der Waals surface area contributed by atoms with Crippen LogP contribution in [-0.2, 0) is 4.79 Å². The molecule has 0 saturated heterocycles. The average molecular weight is 265 g/mol. The molecule has 18 heavy (non-hydrogen) atoms. The number of carbonyl (C=O) groups is 1. The van der Waals surface area contributed by atoms with Gasteiger partial charge in [-0.2, -0.15) is 9.98 Å². The van der Waals surface area contributed by atoms with Gasteiger partial charge in [-0.15, -0.1) is 0 Å². The van der Waals surface area contributed by atoms with Crippen molar-refractivity contribution in [3.8, 4) is 0 Å². The molecule has 0 bridgehead atoms. The lowest BCUT2D eigenvalue weighted by Gasteiger charge is -1.97. The number of rotatable bonds is 2. The number of nitrogens with one attached hydrogen (secondary N) is 1. The van der Waals surface area contributed by atoms with Crippen molar-refractivity contribution >= 4 is 40.6 Å². The van der Waals surface area contributed by atoms with Gasteiger partial charge in [-0.05, 0) is 12.1 Å². The van der Waals surface area contributed by atoms with E-state index in [1.807, 2.05) is 12.1 Å². The highest BCUT2D eigenvalue weighted by Gasteiger charge is 2.05. The zero-order valence-electron chi connectivity index (χ0n) is 9.13. The minimum atomic E-state index is -0.484. The van der Waals surface area contributed by atoms with Crippen LogP contribution < -0.4 is 11.1 Å². The predicted octanol–water partition coefficient (Wildman–Crippen LogP) is 1.64. The van der Waals surface area contributed by atoms with E-state index in [4.69, 9.17) is 21.8 Å². The largest absolute Gasteiger partial charge is 0.422 e. The van der Waals surface area contributed by atoms with Crippen LogP contribution in [0, 0.1) is 0 Å². The Morgan fingerprint density at radius 1 is 1.50 bits per heavy atom. The number of benzene rings is 1. The van der Waals surface area contributed by atoms with Crippen molar-refractivity contribution in [2.45, 2.75) is 0 Å². The van der Waals surface area contributed by atoms with Crippen molar-refractivity contribution in [3.05, 3.63) is 35.9 Å². The van der Waals surface area contributed by atoms with Gasteiger partial charge in [-0.25, -0.2) is 0 Å². The molecule has 0 radical (unpaired) electrons. The zero-order valence-corrected chi connectivity index (χ0v) is 9.89. The first-order chi connectivity index (χ1) is 8.69. The highest BCUT2D eigenvalue weighted by molar-refractivity contribution is 6.27. The molecule has 1 aromatic carbocycles. The molecule has 0 aliphatic heterocycles. The van der Waals surface area contributed by atoms with Gasteiger partial charge < -0.3 is 10.2 Å². The lowest BCUT2D eigenvalue weighted by atomic mass is 10.3. The van der Waals surface area contributed by atoms with E-state index in [0.29, 0.717) is 11.1 Å². The number of aliphatic imine (C=N–C) groups is 1. The number of hydrogen-bond acceptors (Lipinski definition) is 4. The van der Waals surface area contributed by atoms with Crippen LogP contribution >= 0.6 is 11.6 Å². The highest BCUT2D eigenvalue weighted by atomic mass is 35.5. The first-order valence-electron chi connectivity index (χ1n) is 4.96. The fraction of sp³-hybridized carbons (Fsp3) is 0. The second-order valence-corrected chi connectivity index (χ2v) is 3.50. The Bertz CT molecular complexity index is 600. The molecule has 2 aromatic rings. The van der Waals surface area contributed by atoms with Gasteiger partial charge in [0.25, 0.3) is 5.91 Å². The number of halogens is 1. The number of fused-ring (bicyclic) bond motifs is 1. The third kappa shape index (κ3) is 2.86. The molecule has 1 heterocycles. The van der Waals surface area contributed by atoms with Gasteiger partial charge >= 0.3 is 6.01 Å². The fourth-order valence-electron chi connectivity index (χ4n) is 1.26. The van der Waals surface area contributed by atoms with Gasteiger partial charge in [0.2, 0.25) is 5.96 Å². The molecule has 92 valence electrons. The van der Waals surface area contributed by atoms with Crippen LogP contribution in [-0.4, -0.2) is 16.9 Å². The maximum absolute atomic E-state index is 11.1. The molecule has 7 heteroatoms. The molecule has 0 fully saturated rings. The second kappa shape index (κ2) is 5.33. The standard InChI is InChI=1S/C11H9ClN4O2/c12-6-5-9(17)15-10(13)16-11-14-7-3-1-2-4-8(7)18-11/h1-6H,(H3,13,14,15,16,17). The van der Waals surface area contributed by atoms with Crippen molar-refractivity contribution in [1.82, 2.24) is 10.3 Å². The average Bonchev–Trinajstić information content (AvgIpc) is 2.70. The van der Waals surface area contributed by atoms with Crippen molar-refractivity contribution in [2.75, 3.05) is 0 Å². The quantitative estimate of drug-likeness (QED) is 0.490.